The number of hydrogen-bond acceptors (Lipinski definition) is 8. The van der Waals surface area contributed by atoms with Crippen molar-refractivity contribution in [3.05, 3.63) is 11.1 Å². The predicted molar refractivity (Wildman–Crippen MR) is 146 cm³/mol. The van der Waals surface area contributed by atoms with Gasteiger partial charge in [-0.3, -0.25) is 4.79 Å². The van der Waals surface area contributed by atoms with Gasteiger partial charge in [0.25, 0.3) is 0 Å². The van der Waals surface area contributed by atoms with Crippen molar-refractivity contribution in [2.24, 2.45) is 23.7 Å². The van der Waals surface area contributed by atoms with E-state index >= 15 is 0 Å². The van der Waals surface area contributed by atoms with Crippen LogP contribution in [0.1, 0.15) is 93.4 Å². The maximum atomic E-state index is 13.7. The number of amides is 1. The summed E-state index contributed by atoms with van der Waals surface area (Å²) < 4.78 is 24.6. The van der Waals surface area contributed by atoms with E-state index in [9.17, 15) is 19.5 Å². The topological polar surface area (TPSA) is 127 Å². The summed E-state index contributed by atoms with van der Waals surface area (Å²) in [4.78, 5) is 38.8. The zero-order valence-electron chi connectivity index (χ0n) is 25.1. The molecule has 9 nitrogen and oxygen atoms in total. The Labute approximate surface area is 237 Å². The number of carbonyl (C=O) groups excluding carboxylic acids is 3. The number of epoxide rings is 2. The maximum absolute atomic E-state index is 13.7. The summed E-state index contributed by atoms with van der Waals surface area (Å²) in [6, 6.07) is -0.839. The fourth-order valence-electron chi connectivity index (χ4n) is 7.55. The van der Waals surface area contributed by atoms with E-state index in [-0.39, 0.29) is 47.8 Å². The number of ether oxygens (including phenoxy) is 4. The van der Waals surface area contributed by atoms with Crippen molar-refractivity contribution >= 4 is 17.8 Å². The molecule has 8 unspecified atom stereocenters. The van der Waals surface area contributed by atoms with Gasteiger partial charge in [0.1, 0.15) is 23.9 Å². The van der Waals surface area contributed by atoms with E-state index in [2.05, 4.69) is 12.2 Å². The van der Waals surface area contributed by atoms with Gasteiger partial charge in [-0.2, -0.15) is 0 Å². The van der Waals surface area contributed by atoms with Crippen molar-refractivity contribution in [2.75, 3.05) is 6.61 Å². The Hall–Kier alpha value is -1.97. The summed E-state index contributed by atoms with van der Waals surface area (Å²) in [5.74, 6) is -1.16. The van der Waals surface area contributed by atoms with Crippen LogP contribution in [-0.4, -0.2) is 70.7 Å². The second kappa shape index (κ2) is 10.4. The normalized spacial score (nSPS) is 38.5. The molecular formula is C31H47NO8. The Bertz CT molecular complexity index is 1080. The highest BCUT2D eigenvalue weighted by atomic mass is 16.7. The first kappa shape index (κ1) is 29.5. The first-order valence-electron chi connectivity index (χ1n) is 15.3. The van der Waals surface area contributed by atoms with E-state index < -0.39 is 34.9 Å². The Kier molecular flexibility index (Phi) is 7.67. The standard InChI is InChI=1S/C31H47NO8/c1-8-9-10-20-21(15-37-26(20)34)19-12-22-31(40-22)28(29(36,18(6)7)14-23-30(31,13-19)39-23)38-27(35)25(17(4)5)32-24(33)11-16(2)3/h16-19,22-23,25,28,36H,8-15H2,1-7H3,(H,32,33). The monoisotopic (exact) mass is 561 g/mol. The lowest BCUT2D eigenvalue weighted by molar-refractivity contribution is -0.200. The van der Waals surface area contributed by atoms with Crippen molar-refractivity contribution in [3.8, 4) is 0 Å². The molecular weight excluding hydrogens is 514 g/mol. The van der Waals surface area contributed by atoms with Crippen LogP contribution in [0.15, 0.2) is 11.1 Å². The van der Waals surface area contributed by atoms with Gasteiger partial charge in [0, 0.05) is 18.4 Å². The SMILES string of the molecule is CCCCC1=C(C2CC3OC34C(OC(=O)C(NC(=O)CC(C)C)C(C)C)C(O)(C(C)C)CC3OC34C2)COC1=O. The van der Waals surface area contributed by atoms with Crippen LogP contribution in [0.25, 0.3) is 0 Å². The van der Waals surface area contributed by atoms with Gasteiger partial charge < -0.3 is 29.4 Å². The second-order valence-electron chi connectivity index (χ2n) is 13.8. The molecule has 3 heterocycles. The molecule has 2 saturated heterocycles. The molecule has 0 aromatic heterocycles. The summed E-state index contributed by atoms with van der Waals surface area (Å²) in [5, 5.41) is 14.9. The Morgan fingerprint density at radius 3 is 2.45 bits per heavy atom. The fourth-order valence-corrected chi connectivity index (χ4v) is 7.55. The summed E-state index contributed by atoms with van der Waals surface area (Å²) in [7, 11) is 0. The lowest BCUT2D eigenvalue weighted by Gasteiger charge is -2.48. The van der Waals surface area contributed by atoms with Gasteiger partial charge in [-0.15, -0.1) is 0 Å². The molecule has 0 aromatic rings. The number of unbranched alkanes of at least 4 members (excludes halogenated alkanes) is 1. The van der Waals surface area contributed by atoms with Gasteiger partial charge in [0.05, 0.1) is 12.2 Å². The lowest BCUT2D eigenvalue weighted by atomic mass is 9.58. The van der Waals surface area contributed by atoms with Crippen molar-refractivity contribution < 1.29 is 38.4 Å². The molecule has 2 aliphatic carbocycles. The number of hydrogen-bond donors (Lipinski definition) is 2. The number of carbonyl (C=O) groups is 3. The minimum atomic E-state index is -1.34. The molecule has 4 fully saturated rings. The van der Waals surface area contributed by atoms with Crippen molar-refractivity contribution in [1.82, 2.24) is 5.32 Å². The van der Waals surface area contributed by atoms with Crippen molar-refractivity contribution in [1.29, 1.82) is 0 Å². The van der Waals surface area contributed by atoms with Crippen molar-refractivity contribution in [3.63, 3.8) is 0 Å². The average Bonchev–Trinajstić information content (AvgIpc) is 3.73. The summed E-state index contributed by atoms with van der Waals surface area (Å²) in [5.41, 5.74) is -1.13. The number of nitrogens with one attached hydrogen (secondary N) is 1. The van der Waals surface area contributed by atoms with Crippen LogP contribution in [0.4, 0.5) is 0 Å². The van der Waals surface area contributed by atoms with E-state index in [0.717, 1.165) is 24.0 Å². The summed E-state index contributed by atoms with van der Waals surface area (Å²) in [6.45, 7) is 13.9. The molecule has 224 valence electrons. The van der Waals surface area contributed by atoms with Gasteiger partial charge in [-0.1, -0.05) is 54.9 Å². The van der Waals surface area contributed by atoms with E-state index in [1.807, 2.05) is 41.5 Å². The average molecular weight is 562 g/mol. The number of cyclic esters (lactones) is 1. The van der Waals surface area contributed by atoms with E-state index in [1.165, 1.54) is 0 Å². The van der Waals surface area contributed by atoms with Crippen LogP contribution < -0.4 is 5.32 Å². The number of rotatable bonds is 11. The molecule has 40 heavy (non-hydrogen) atoms. The summed E-state index contributed by atoms with van der Waals surface area (Å²) in [6.07, 6.45) is 3.14. The molecule has 2 spiro atoms. The lowest BCUT2D eigenvalue weighted by Crippen LogP contribution is -2.68. The molecule has 2 saturated carbocycles. The molecule has 5 rings (SSSR count). The Morgan fingerprint density at radius 1 is 1.10 bits per heavy atom. The number of esters is 2. The van der Waals surface area contributed by atoms with Crippen LogP contribution in [0.5, 0.6) is 0 Å². The molecule has 5 aliphatic rings. The smallest absolute Gasteiger partial charge is 0.334 e. The van der Waals surface area contributed by atoms with Crippen LogP contribution in [0.3, 0.4) is 0 Å². The highest BCUT2D eigenvalue weighted by molar-refractivity contribution is 5.92. The largest absolute Gasteiger partial charge is 0.458 e. The van der Waals surface area contributed by atoms with E-state index in [0.29, 0.717) is 38.7 Å². The van der Waals surface area contributed by atoms with Crippen LogP contribution in [0, 0.1) is 23.7 Å². The summed E-state index contributed by atoms with van der Waals surface area (Å²) >= 11 is 0. The van der Waals surface area contributed by atoms with E-state index in [4.69, 9.17) is 18.9 Å². The van der Waals surface area contributed by atoms with E-state index in [1.54, 1.807) is 0 Å². The van der Waals surface area contributed by atoms with Gasteiger partial charge in [-0.25, -0.2) is 9.59 Å². The number of aliphatic hydroxyl groups is 1. The molecule has 1 amide bonds. The van der Waals surface area contributed by atoms with Gasteiger partial charge in [0.15, 0.2) is 11.7 Å². The molecule has 0 bridgehead atoms. The van der Waals surface area contributed by atoms with Gasteiger partial charge in [-0.05, 0) is 54.9 Å². The third kappa shape index (κ3) is 4.60. The molecule has 0 aromatic carbocycles. The zero-order chi connectivity index (χ0) is 29.2. The molecule has 9 heteroatoms. The highest BCUT2D eigenvalue weighted by Crippen LogP contribution is 2.73. The van der Waals surface area contributed by atoms with Crippen molar-refractivity contribution in [2.45, 2.75) is 135 Å². The van der Waals surface area contributed by atoms with Crippen LogP contribution in [-0.2, 0) is 33.3 Å². The molecule has 0 radical (unpaired) electrons. The molecule has 8 atom stereocenters. The molecule has 2 N–H and O–H groups in total. The third-order valence-corrected chi connectivity index (χ3v) is 9.97. The van der Waals surface area contributed by atoms with Gasteiger partial charge >= 0.3 is 11.9 Å². The van der Waals surface area contributed by atoms with Gasteiger partial charge in [0.2, 0.25) is 5.91 Å². The third-order valence-electron chi connectivity index (χ3n) is 9.97. The predicted octanol–water partition coefficient (Wildman–Crippen LogP) is 3.60. The Balaban J connectivity index is 1.42. The first-order chi connectivity index (χ1) is 18.8. The second-order valence-corrected chi connectivity index (χ2v) is 13.8. The first-order valence-corrected chi connectivity index (χ1v) is 15.3. The highest BCUT2D eigenvalue weighted by Gasteiger charge is 2.90. The Morgan fingerprint density at radius 2 is 1.82 bits per heavy atom. The fraction of sp³-hybridized carbons (Fsp3) is 0.839. The van der Waals surface area contributed by atoms with Crippen LogP contribution in [0.2, 0.25) is 0 Å². The zero-order valence-corrected chi connectivity index (χ0v) is 25.1. The molecule has 3 aliphatic heterocycles. The minimum Gasteiger partial charge on any atom is -0.458 e. The quantitative estimate of drug-likeness (QED) is 0.289. The minimum absolute atomic E-state index is 0.0734. The van der Waals surface area contributed by atoms with Crippen LogP contribution >= 0.6 is 0 Å². The maximum Gasteiger partial charge on any atom is 0.334 e.